The van der Waals surface area contributed by atoms with E-state index < -0.39 is 0 Å². The Hall–Kier alpha value is -0.540. The lowest BCUT2D eigenvalue weighted by atomic mass is 9.94. The molecule has 15 heavy (non-hydrogen) atoms. The molecule has 1 saturated heterocycles. The Labute approximate surface area is 93.9 Å². The molecule has 1 unspecified atom stereocenters. The van der Waals surface area contributed by atoms with Crippen LogP contribution in [0, 0.1) is 0 Å². The Morgan fingerprint density at radius 3 is 2.27 bits per heavy atom. The van der Waals surface area contributed by atoms with Gasteiger partial charge in [0.05, 0.1) is 5.54 Å². The smallest absolute Gasteiger partial charge is 0.0525 e. The van der Waals surface area contributed by atoms with Crippen LogP contribution in [-0.4, -0.2) is 48.6 Å². The summed E-state index contributed by atoms with van der Waals surface area (Å²) < 4.78 is 0. The molecule has 1 heterocycles. The summed E-state index contributed by atoms with van der Waals surface area (Å²) in [5.41, 5.74) is 7.44. The van der Waals surface area contributed by atoms with Crippen molar-refractivity contribution in [3.05, 3.63) is 11.8 Å². The molecule has 0 aromatic rings. The van der Waals surface area contributed by atoms with Crippen molar-refractivity contribution in [1.82, 2.24) is 9.80 Å². The van der Waals surface area contributed by atoms with Gasteiger partial charge in [-0.05, 0) is 27.3 Å². The van der Waals surface area contributed by atoms with E-state index in [4.69, 9.17) is 5.73 Å². The molecule has 88 valence electrons. The third kappa shape index (κ3) is 2.95. The molecule has 1 atom stereocenters. The van der Waals surface area contributed by atoms with Crippen molar-refractivity contribution in [2.45, 2.75) is 32.7 Å². The first-order valence-corrected chi connectivity index (χ1v) is 5.90. The van der Waals surface area contributed by atoms with Crippen LogP contribution in [0.5, 0.6) is 0 Å². The maximum atomic E-state index is 6.31. The van der Waals surface area contributed by atoms with Gasteiger partial charge in [0.1, 0.15) is 0 Å². The molecule has 2 N–H and O–H groups in total. The quantitative estimate of drug-likeness (QED) is 0.763. The molecule has 0 aromatic heterocycles. The van der Waals surface area contributed by atoms with E-state index in [1.807, 2.05) is 0 Å². The van der Waals surface area contributed by atoms with Crippen molar-refractivity contribution in [2.24, 2.45) is 5.73 Å². The highest BCUT2D eigenvalue weighted by atomic mass is 15.3. The van der Waals surface area contributed by atoms with Crippen molar-refractivity contribution in [3.8, 4) is 0 Å². The van der Waals surface area contributed by atoms with Gasteiger partial charge in [-0.15, -0.1) is 0 Å². The predicted octanol–water partition coefficient (Wildman–Crippen LogP) is 1.27. The second-order valence-electron chi connectivity index (χ2n) is 4.74. The summed E-state index contributed by atoms with van der Waals surface area (Å²) >= 11 is 0. The Balaban J connectivity index is 2.68. The highest BCUT2D eigenvalue weighted by Gasteiger charge is 2.27. The number of hydrogen-bond acceptors (Lipinski definition) is 3. The standard InChI is InChI=1S/C12H25N3/c1-5-11(12(3,13)6-2)15-9-7-14(4)8-10-15/h5H,6-10,13H2,1-4H3/b11-5-. The minimum absolute atomic E-state index is 0.176. The lowest BCUT2D eigenvalue weighted by Gasteiger charge is -2.41. The number of rotatable bonds is 3. The summed E-state index contributed by atoms with van der Waals surface area (Å²) in [5.74, 6) is 0. The van der Waals surface area contributed by atoms with Crippen LogP contribution in [0.15, 0.2) is 11.8 Å². The summed E-state index contributed by atoms with van der Waals surface area (Å²) in [6, 6.07) is 0. The Morgan fingerprint density at radius 2 is 1.87 bits per heavy atom. The van der Waals surface area contributed by atoms with E-state index in [0.717, 1.165) is 32.6 Å². The van der Waals surface area contributed by atoms with Gasteiger partial charge >= 0.3 is 0 Å². The first-order valence-electron chi connectivity index (χ1n) is 5.90. The molecule has 0 spiro atoms. The topological polar surface area (TPSA) is 32.5 Å². The molecule has 0 saturated carbocycles. The molecule has 0 aromatic carbocycles. The Bertz CT molecular complexity index is 225. The zero-order valence-corrected chi connectivity index (χ0v) is 10.6. The SMILES string of the molecule is C/C=C(\N1CCN(C)CC1)C(C)(N)CC. The first kappa shape index (κ1) is 12.5. The molecule has 3 heteroatoms. The number of likely N-dealkylation sites (N-methyl/N-ethyl adjacent to an activating group) is 1. The Kier molecular flexibility index (Phi) is 4.17. The molecule has 1 fully saturated rings. The lowest BCUT2D eigenvalue weighted by Crippen LogP contribution is -2.51. The van der Waals surface area contributed by atoms with Crippen LogP contribution in [-0.2, 0) is 0 Å². The van der Waals surface area contributed by atoms with Crippen molar-refractivity contribution < 1.29 is 0 Å². The van der Waals surface area contributed by atoms with Crippen LogP contribution < -0.4 is 5.73 Å². The zero-order valence-electron chi connectivity index (χ0n) is 10.6. The van der Waals surface area contributed by atoms with Gasteiger partial charge in [0.25, 0.3) is 0 Å². The van der Waals surface area contributed by atoms with E-state index in [2.05, 4.69) is 43.7 Å². The van der Waals surface area contributed by atoms with Crippen molar-refractivity contribution in [1.29, 1.82) is 0 Å². The second-order valence-corrected chi connectivity index (χ2v) is 4.74. The van der Waals surface area contributed by atoms with Crippen LogP contribution in [0.4, 0.5) is 0 Å². The van der Waals surface area contributed by atoms with Gasteiger partial charge in [-0.25, -0.2) is 0 Å². The predicted molar refractivity (Wildman–Crippen MR) is 65.7 cm³/mol. The van der Waals surface area contributed by atoms with Crippen LogP contribution >= 0.6 is 0 Å². The number of nitrogens with two attached hydrogens (primary N) is 1. The third-order valence-corrected chi connectivity index (χ3v) is 3.44. The summed E-state index contributed by atoms with van der Waals surface area (Å²) in [4.78, 5) is 4.80. The third-order valence-electron chi connectivity index (χ3n) is 3.44. The fourth-order valence-electron chi connectivity index (χ4n) is 2.10. The number of piperazine rings is 1. The maximum Gasteiger partial charge on any atom is 0.0525 e. The van der Waals surface area contributed by atoms with E-state index in [1.165, 1.54) is 5.70 Å². The summed E-state index contributed by atoms with van der Waals surface area (Å²) in [5, 5.41) is 0. The minimum Gasteiger partial charge on any atom is -0.371 e. The van der Waals surface area contributed by atoms with Gasteiger partial charge in [0.2, 0.25) is 0 Å². The molecule has 0 aliphatic carbocycles. The number of hydrogen-bond donors (Lipinski definition) is 1. The lowest BCUT2D eigenvalue weighted by molar-refractivity contribution is 0.168. The molecule has 3 nitrogen and oxygen atoms in total. The molecule has 0 bridgehead atoms. The van der Waals surface area contributed by atoms with E-state index in [-0.39, 0.29) is 5.54 Å². The van der Waals surface area contributed by atoms with Gasteiger partial charge in [-0.1, -0.05) is 13.0 Å². The highest BCUT2D eigenvalue weighted by molar-refractivity contribution is 5.16. The largest absolute Gasteiger partial charge is 0.371 e. The van der Waals surface area contributed by atoms with Crippen LogP contribution in [0.1, 0.15) is 27.2 Å². The monoisotopic (exact) mass is 211 g/mol. The van der Waals surface area contributed by atoms with Gasteiger partial charge in [0, 0.05) is 31.9 Å². The Morgan fingerprint density at radius 1 is 1.33 bits per heavy atom. The zero-order chi connectivity index (χ0) is 11.5. The van der Waals surface area contributed by atoms with Crippen molar-refractivity contribution >= 4 is 0 Å². The first-order chi connectivity index (χ1) is 7.01. The molecule has 1 rings (SSSR count). The average Bonchev–Trinajstić information content (AvgIpc) is 2.22. The van der Waals surface area contributed by atoms with Gasteiger partial charge in [-0.2, -0.15) is 0 Å². The second kappa shape index (κ2) is 4.99. The van der Waals surface area contributed by atoms with Crippen LogP contribution in [0.2, 0.25) is 0 Å². The van der Waals surface area contributed by atoms with Crippen molar-refractivity contribution in [3.63, 3.8) is 0 Å². The molecule has 1 aliphatic heterocycles. The summed E-state index contributed by atoms with van der Waals surface area (Å²) in [6.45, 7) is 10.8. The summed E-state index contributed by atoms with van der Waals surface area (Å²) in [7, 11) is 2.17. The normalized spacial score (nSPS) is 24.1. The summed E-state index contributed by atoms with van der Waals surface area (Å²) in [6.07, 6.45) is 3.16. The average molecular weight is 211 g/mol. The van der Waals surface area contributed by atoms with E-state index in [9.17, 15) is 0 Å². The maximum absolute atomic E-state index is 6.31. The van der Waals surface area contributed by atoms with Gasteiger partial charge in [-0.3, -0.25) is 0 Å². The molecule has 0 radical (unpaired) electrons. The molecule has 0 amide bonds. The van der Waals surface area contributed by atoms with E-state index in [1.54, 1.807) is 0 Å². The fourth-order valence-corrected chi connectivity index (χ4v) is 2.10. The molecule has 1 aliphatic rings. The highest BCUT2D eigenvalue weighted by Crippen LogP contribution is 2.22. The number of allylic oxidation sites excluding steroid dienone is 1. The van der Waals surface area contributed by atoms with Gasteiger partial charge < -0.3 is 15.5 Å². The van der Waals surface area contributed by atoms with Crippen LogP contribution in [0.25, 0.3) is 0 Å². The molecular formula is C12H25N3. The van der Waals surface area contributed by atoms with Crippen molar-refractivity contribution in [2.75, 3.05) is 33.2 Å². The van der Waals surface area contributed by atoms with Gasteiger partial charge in [0.15, 0.2) is 0 Å². The van der Waals surface area contributed by atoms with E-state index >= 15 is 0 Å². The minimum atomic E-state index is -0.176. The van der Waals surface area contributed by atoms with Crippen LogP contribution in [0.3, 0.4) is 0 Å². The molecular weight excluding hydrogens is 186 g/mol. The fraction of sp³-hybridized carbons (Fsp3) is 0.833. The number of nitrogens with zero attached hydrogens (tertiary/aromatic N) is 2. The van der Waals surface area contributed by atoms with E-state index in [0.29, 0.717) is 0 Å².